The molecule has 4 rings (SSSR count). The monoisotopic (exact) mass is 307 g/mol. The number of methoxy groups -OCH3 is 1. The Bertz CT molecular complexity index is 819. The molecule has 0 aliphatic carbocycles. The standard InChI is InChI=1S/C19H21N3O/c1-13-17-9-16(23-2)3-4-18(17)21-19(13)12-22-10-15(11-22)14-5-7-20-8-6-14/h3-9,15,21H,10-12H2,1-2H3. The summed E-state index contributed by atoms with van der Waals surface area (Å²) in [6.07, 6.45) is 3.76. The number of benzene rings is 1. The first-order valence-corrected chi connectivity index (χ1v) is 8.02. The number of fused-ring (bicyclic) bond motifs is 1. The van der Waals surface area contributed by atoms with E-state index in [1.807, 2.05) is 18.5 Å². The smallest absolute Gasteiger partial charge is 0.119 e. The molecule has 0 amide bonds. The van der Waals surface area contributed by atoms with Crippen LogP contribution in [-0.2, 0) is 6.54 Å². The highest BCUT2D eigenvalue weighted by Crippen LogP contribution is 2.31. The number of likely N-dealkylation sites (tertiary alicyclic amines) is 1. The number of nitrogens with zero attached hydrogens (tertiary/aromatic N) is 2. The molecular weight excluding hydrogens is 286 g/mol. The van der Waals surface area contributed by atoms with Crippen LogP contribution >= 0.6 is 0 Å². The van der Waals surface area contributed by atoms with Crippen molar-refractivity contribution in [2.75, 3.05) is 20.2 Å². The second-order valence-electron chi connectivity index (χ2n) is 6.31. The minimum atomic E-state index is 0.641. The van der Waals surface area contributed by atoms with Gasteiger partial charge < -0.3 is 9.72 Å². The summed E-state index contributed by atoms with van der Waals surface area (Å²) in [5, 5.41) is 1.26. The molecule has 0 radical (unpaired) electrons. The number of nitrogens with one attached hydrogen (secondary N) is 1. The summed E-state index contributed by atoms with van der Waals surface area (Å²) < 4.78 is 5.33. The number of aryl methyl sites for hydroxylation is 1. The summed E-state index contributed by atoms with van der Waals surface area (Å²) in [5.74, 6) is 1.55. The van der Waals surface area contributed by atoms with E-state index >= 15 is 0 Å². The maximum absolute atomic E-state index is 5.33. The van der Waals surface area contributed by atoms with Crippen molar-refractivity contribution in [1.82, 2.24) is 14.9 Å². The van der Waals surface area contributed by atoms with Crippen LogP contribution in [0.4, 0.5) is 0 Å². The van der Waals surface area contributed by atoms with Gasteiger partial charge >= 0.3 is 0 Å². The second-order valence-corrected chi connectivity index (χ2v) is 6.31. The van der Waals surface area contributed by atoms with Crippen molar-refractivity contribution in [3.8, 4) is 5.75 Å². The van der Waals surface area contributed by atoms with Crippen LogP contribution in [0.3, 0.4) is 0 Å². The van der Waals surface area contributed by atoms with Crippen molar-refractivity contribution in [3.05, 3.63) is 59.5 Å². The van der Waals surface area contributed by atoms with Crippen LogP contribution in [0, 0.1) is 6.92 Å². The molecule has 0 saturated carbocycles. The highest BCUT2D eigenvalue weighted by atomic mass is 16.5. The zero-order valence-corrected chi connectivity index (χ0v) is 13.5. The summed E-state index contributed by atoms with van der Waals surface area (Å²) in [7, 11) is 1.71. The molecule has 3 heterocycles. The van der Waals surface area contributed by atoms with Crippen LogP contribution in [0.25, 0.3) is 10.9 Å². The van der Waals surface area contributed by atoms with E-state index in [0.717, 1.165) is 25.4 Å². The predicted molar refractivity (Wildman–Crippen MR) is 91.8 cm³/mol. The van der Waals surface area contributed by atoms with Gasteiger partial charge in [0.25, 0.3) is 0 Å². The van der Waals surface area contributed by atoms with Gasteiger partial charge in [0.15, 0.2) is 0 Å². The molecule has 1 aromatic carbocycles. The van der Waals surface area contributed by atoms with Crippen LogP contribution in [0.1, 0.15) is 22.7 Å². The minimum absolute atomic E-state index is 0.641. The number of aromatic nitrogens is 2. The van der Waals surface area contributed by atoms with Crippen molar-refractivity contribution >= 4 is 10.9 Å². The van der Waals surface area contributed by atoms with Gasteiger partial charge in [-0.2, -0.15) is 0 Å². The Morgan fingerprint density at radius 1 is 1.22 bits per heavy atom. The molecule has 0 atom stereocenters. The molecule has 1 aliphatic rings. The first-order chi connectivity index (χ1) is 11.2. The van der Waals surface area contributed by atoms with Gasteiger partial charge in [-0.25, -0.2) is 0 Å². The number of rotatable bonds is 4. The van der Waals surface area contributed by atoms with Crippen molar-refractivity contribution < 1.29 is 4.74 Å². The molecular formula is C19H21N3O. The van der Waals surface area contributed by atoms with Crippen molar-refractivity contribution in [2.24, 2.45) is 0 Å². The van der Waals surface area contributed by atoms with Gasteiger partial charge in [-0.05, 0) is 48.4 Å². The number of pyridine rings is 1. The van der Waals surface area contributed by atoms with Crippen molar-refractivity contribution in [3.63, 3.8) is 0 Å². The second kappa shape index (κ2) is 5.70. The van der Waals surface area contributed by atoms with E-state index in [1.54, 1.807) is 7.11 Å². The van der Waals surface area contributed by atoms with E-state index in [1.165, 1.54) is 27.7 Å². The van der Waals surface area contributed by atoms with Gasteiger partial charge in [0.1, 0.15) is 5.75 Å². The first-order valence-electron chi connectivity index (χ1n) is 8.02. The third kappa shape index (κ3) is 2.59. The Balaban J connectivity index is 1.48. The van der Waals surface area contributed by atoms with Gasteiger partial charge in [-0.15, -0.1) is 0 Å². The van der Waals surface area contributed by atoms with Crippen molar-refractivity contribution in [2.45, 2.75) is 19.4 Å². The molecule has 23 heavy (non-hydrogen) atoms. The van der Waals surface area contributed by atoms with E-state index in [0.29, 0.717) is 5.92 Å². The highest BCUT2D eigenvalue weighted by molar-refractivity contribution is 5.85. The molecule has 1 fully saturated rings. The van der Waals surface area contributed by atoms with Crippen molar-refractivity contribution in [1.29, 1.82) is 0 Å². The van der Waals surface area contributed by atoms with E-state index < -0.39 is 0 Å². The summed E-state index contributed by atoms with van der Waals surface area (Å²) in [6, 6.07) is 10.5. The number of hydrogen-bond donors (Lipinski definition) is 1. The summed E-state index contributed by atoms with van der Waals surface area (Å²) in [5.41, 5.74) is 5.21. The van der Waals surface area contributed by atoms with Gasteiger partial charge in [0.05, 0.1) is 7.11 Å². The number of aromatic amines is 1. The van der Waals surface area contributed by atoms with E-state index in [4.69, 9.17) is 4.74 Å². The number of hydrogen-bond acceptors (Lipinski definition) is 3. The third-order valence-electron chi connectivity index (χ3n) is 4.89. The van der Waals surface area contributed by atoms with Crippen LogP contribution in [0.2, 0.25) is 0 Å². The normalized spacial score (nSPS) is 15.7. The molecule has 0 bridgehead atoms. The zero-order chi connectivity index (χ0) is 15.8. The van der Waals surface area contributed by atoms with Gasteiger partial charge in [-0.1, -0.05) is 0 Å². The molecule has 3 aromatic rings. The lowest BCUT2D eigenvalue weighted by atomic mass is 9.92. The lowest BCUT2D eigenvalue weighted by molar-refractivity contribution is 0.138. The fourth-order valence-corrected chi connectivity index (χ4v) is 3.42. The molecule has 1 saturated heterocycles. The van der Waals surface area contributed by atoms with Gasteiger partial charge in [-0.3, -0.25) is 9.88 Å². The fourth-order valence-electron chi connectivity index (χ4n) is 3.42. The third-order valence-corrected chi connectivity index (χ3v) is 4.89. The van der Waals surface area contributed by atoms with E-state index in [2.05, 4.69) is 46.1 Å². The largest absolute Gasteiger partial charge is 0.497 e. The van der Waals surface area contributed by atoms with Gasteiger partial charge in [0.2, 0.25) is 0 Å². The lowest BCUT2D eigenvalue weighted by Gasteiger charge is -2.39. The topological polar surface area (TPSA) is 41.1 Å². The molecule has 2 aromatic heterocycles. The number of ether oxygens (including phenoxy) is 1. The van der Waals surface area contributed by atoms with Crippen LogP contribution in [0.15, 0.2) is 42.7 Å². The molecule has 1 N–H and O–H groups in total. The maximum Gasteiger partial charge on any atom is 0.119 e. The number of H-pyrrole nitrogens is 1. The summed E-state index contributed by atoms with van der Waals surface area (Å²) in [4.78, 5) is 10.1. The van der Waals surface area contributed by atoms with E-state index in [9.17, 15) is 0 Å². The Hall–Kier alpha value is -2.33. The van der Waals surface area contributed by atoms with Crippen LogP contribution < -0.4 is 4.74 Å². The minimum Gasteiger partial charge on any atom is -0.497 e. The molecule has 0 unspecified atom stereocenters. The summed E-state index contributed by atoms with van der Waals surface area (Å²) >= 11 is 0. The fraction of sp³-hybridized carbons (Fsp3) is 0.316. The van der Waals surface area contributed by atoms with Gasteiger partial charge in [0, 0.05) is 54.5 Å². The molecule has 4 nitrogen and oxygen atoms in total. The Labute approximate surface area is 136 Å². The SMILES string of the molecule is COc1ccc2[nH]c(CN3CC(c4ccncc4)C3)c(C)c2c1. The highest BCUT2D eigenvalue weighted by Gasteiger charge is 2.28. The molecule has 0 spiro atoms. The van der Waals surface area contributed by atoms with E-state index in [-0.39, 0.29) is 0 Å². The van der Waals surface area contributed by atoms with Crippen LogP contribution in [0.5, 0.6) is 5.75 Å². The molecule has 118 valence electrons. The Kier molecular flexibility index (Phi) is 3.54. The first kappa shape index (κ1) is 14.3. The quantitative estimate of drug-likeness (QED) is 0.802. The molecule has 1 aliphatic heterocycles. The predicted octanol–water partition coefficient (Wildman–Crippen LogP) is 3.48. The van der Waals surface area contributed by atoms with Crippen LogP contribution in [-0.4, -0.2) is 35.1 Å². The summed E-state index contributed by atoms with van der Waals surface area (Å²) in [6.45, 7) is 5.39. The average Bonchev–Trinajstić information content (AvgIpc) is 2.87. The maximum atomic E-state index is 5.33. The lowest BCUT2D eigenvalue weighted by Crippen LogP contribution is -2.44. The Morgan fingerprint density at radius 3 is 2.74 bits per heavy atom. The average molecular weight is 307 g/mol. The zero-order valence-electron chi connectivity index (χ0n) is 13.5. The molecule has 4 heteroatoms. The Morgan fingerprint density at radius 2 is 2.00 bits per heavy atom.